The lowest BCUT2D eigenvalue weighted by Gasteiger charge is -2.06. The summed E-state index contributed by atoms with van der Waals surface area (Å²) in [6.07, 6.45) is 3.32. The number of aryl methyl sites for hydroxylation is 1. The molecule has 0 saturated heterocycles. The molecule has 2 heterocycles. The molecule has 1 N–H and O–H groups in total. The van der Waals surface area contributed by atoms with E-state index in [4.69, 9.17) is 23.2 Å². The van der Waals surface area contributed by atoms with Gasteiger partial charge in [-0.25, -0.2) is 9.97 Å². The van der Waals surface area contributed by atoms with E-state index in [1.807, 2.05) is 11.4 Å². The molecule has 0 bridgehead atoms. The molecule has 3 aromatic rings. The second-order valence-electron chi connectivity index (χ2n) is 6.68. The van der Waals surface area contributed by atoms with Gasteiger partial charge in [0.05, 0.1) is 16.3 Å². The second-order valence-corrected chi connectivity index (χ2v) is 9.46. The number of nitrogens with zero attached hydrogens (tertiary/aromatic N) is 3. The van der Waals surface area contributed by atoms with Crippen LogP contribution in [0.2, 0.25) is 10.0 Å². The van der Waals surface area contributed by atoms with Crippen molar-refractivity contribution in [1.82, 2.24) is 9.97 Å². The van der Waals surface area contributed by atoms with Crippen molar-refractivity contribution >= 4 is 57.3 Å². The van der Waals surface area contributed by atoms with Crippen LogP contribution in [-0.4, -0.2) is 21.6 Å². The van der Waals surface area contributed by atoms with Gasteiger partial charge in [0.1, 0.15) is 11.1 Å². The molecule has 0 spiro atoms. The molecule has 31 heavy (non-hydrogen) atoms. The number of nitriles is 1. The van der Waals surface area contributed by atoms with Crippen molar-refractivity contribution in [3.63, 3.8) is 0 Å². The Morgan fingerprint density at radius 3 is 2.84 bits per heavy atom. The summed E-state index contributed by atoms with van der Waals surface area (Å²) in [6.45, 7) is 2.13. The summed E-state index contributed by atoms with van der Waals surface area (Å²) >= 11 is 14.9. The number of benzene rings is 1. The summed E-state index contributed by atoms with van der Waals surface area (Å²) in [5.74, 6) is 0.377. The van der Waals surface area contributed by atoms with Gasteiger partial charge in [0.15, 0.2) is 5.13 Å². The number of aromatic nitrogens is 2. The van der Waals surface area contributed by atoms with E-state index in [9.17, 15) is 10.1 Å². The van der Waals surface area contributed by atoms with E-state index in [0.29, 0.717) is 37.2 Å². The molecule has 0 aliphatic rings. The lowest BCUT2D eigenvalue weighted by Crippen LogP contribution is -2.12. The van der Waals surface area contributed by atoms with E-state index in [1.165, 1.54) is 23.1 Å². The quantitative estimate of drug-likeness (QED) is 0.331. The van der Waals surface area contributed by atoms with Crippen LogP contribution in [0.5, 0.6) is 0 Å². The molecule has 1 amide bonds. The smallest absolute Gasteiger partial charge is 0.226 e. The predicted octanol–water partition coefficient (Wildman–Crippen LogP) is 6.85. The number of halogens is 2. The second kappa shape index (κ2) is 11.5. The van der Waals surface area contributed by atoms with Crippen molar-refractivity contribution in [2.24, 2.45) is 0 Å². The van der Waals surface area contributed by atoms with Crippen molar-refractivity contribution in [3.8, 4) is 17.3 Å². The number of anilines is 1. The Morgan fingerprint density at radius 1 is 1.26 bits per heavy atom. The Kier molecular flexibility index (Phi) is 8.73. The highest BCUT2D eigenvalue weighted by molar-refractivity contribution is 7.99. The predicted molar refractivity (Wildman–Crippen MR) is 129 cm³/mol. The Morgan fingerprint density at radius 2 is 2.10 bits per heavy atom. The minimum Gasteiger partial charge on any atom is -0.302 e. The lowest BCUT2D eigenvalue weighted by molar-refractivity contribution is -0.115. The number of nitrogens with one attached hydrogen (secondary N) is 1. The van der Waals surface area contributed by atoms with Crippen LogP contribution in [0.25, 0.3) is 11.3 Å². The molecule has 5 nitrogen and oxygen atoms in total. The first kappa shape index (κ1) is 23.6. The van der Waals surface area contributed by atoms with Gasteiger partial charge in [-0.05, 0) is 43.2 Å². The molecule has 0 fully saturated rings. The van der Waals surface area contributed by atoms with Gasteiger partial charge in [0.2, 0.25) is 5.91 Å². The zero-order valence-electron chi connectivity index (χ0n) is 16.8. The standard InChI is InChI=1S/C22H20Cl2N4OS2/c1-2-3-4-16-7-5-14(12-25)21(26-16)30-10-9-20(29)28-22-27-19(13-31-22)17-8-6-15(23)11-18(17)24/h5-8,11,13H,2-4,9-10H2,1H3,(H,27,28,29). The van der Waals surface area contributed by atoms with E-state index in [1.54, 1.807) is 24.3 Å². The number of amides is 1. The maximum absolute atomic E-state index is 12.3. The number of thiazole rings is 1. The Bertz CT molecular complexity index is 1110. The molecule has 0 atom stereocenters. The summed E-state index contributed by atoms with van der Waals surface area (Å²) in [4.78, 5) is 21.4. The van der Waals surface area contributed by atoms with Gasteiger partial charge in [-0.2, -0.15) is 5.26 Å². The number of hydrogen-bond acceptors (Lipinski definition) is 6. The van der Waals surface area contributed by atoms with Crippen molar-refractivity contribution in [3.05, 3.63) is 57.0 Å². The normalized spacial score (nSPS) is 10.6. The van der Waals surface area contributed by atoms with Crippen LogP contribution in [0.4, 0.5) is 5.13 Å². The van der Waals surface area contributed by atoms with E-state index in [-0.39, 0.29) is 12.3 Å². The average Bonchev–Trinajstić information content (AvgIpc) is 3.20. The van der Waals surface area contributed by atoms with Gasteiger partial charge < -0.3 is 5.32 Å². The highest BCUT2D eigenvalue weighted by Crippen LogP contribution is 2.32. The van der Waals surface area contributed by atoms with Crippen LogP contribution < -0.4 is 5.32 Å². The maximum atomic E-state index is 12.3. The van der Waals surface area contributed by atoms with Gasteiger partial charge in [-0.3, -0.25) is 4.79 Å². The van der Waals surface area contributed by atoms with Gasteiger partial charge in [0.25, 0.3) is 0 Å². The summed E-state index contributed by atoms with van der Waals surface area (Å²) in [6, 6.07) is 11.1. The largest absolute Gasteiger partial charge is 0.302 e. The third-order valence-electron chi connectivity index (χ3n) is 4.35. The third-order valence-corrected chi connectivity index (χ3v) is 6.65. The highest BCUT2D eigenvalue weighted by Gasteiger charge is 2.12. The zero-order valence-corrected chi connectivity index (χ0v) is 20.0. The van der Waals surface area contributed by atoms with Crippen LogP contribution in [0, 0.1) is 11.3 Å². The summed E-state index contributed by atoms with van der Waals surface area (Å²) in [5.41, 5.74) is 2.96. The van der Waals surface area contributed by atoms with Gasteiger partial charge >= 0.3 is 0 Å². The van der Waals surface area contributed by atoms with E-state index in [0.717, 1.165) is 30.5 Å². The molecule has 3 rings (SSSR count). The monoisotopic (exact) mass is 490 g/mol. The van der Waals surface area contributed by atoms with E-state index < -0.39 is 0 Å². The van der Waals surface area contributed by atoms with Crippen LogP contribution in [0.3, 0.4) is 0 Å². The lowest BCUT2D eigenvalue weighted by atomic mass is 10.2. The van der Waals surface area contributed by atoms with Crippen molar-refractivity contribution in [2.45, 2.75) is 37.6 Å². The number of rotatable bonds is 9. The zero-order chi connectivity index (χ0) is 22.2. The Balaban J connectivity index is 1.55. The molecule has 160 valence electrons. The summed E-state index contributed by atoms with van der Waals surface area (Å²) in [7, 11) is 0. The molecule has 9 heteroatoms. The molecule has 0 aliphatic heterocycles. The highest BCUT2D eigenvalue weighted by atomic mass is 35.5. The van der Waals surface area contributed by atoms with E-state index >= 15 is 0 Å². The van der Waals surface area contributed by atoms with Gasteiger partial charge in [-0.15, -0.1) is 23.1 Å². The topological polar surface area (TPSA) is 78.7 Å². The molecule has 1 aromatic carbocycles. The number of carbonyl (C=O) groups excluding carboxylic acids is 1. The fraction of sp³-hybridized carbons (Fsp3) is 0.273. The molecular formula is C22H20Cl2N4OS2. The summed E-state index contributed by atoms with van der Waals surface area (Å²) < 4.78 is 0. The molecule has 0 radical (unpaired) electrons. The van der Waals surface area contributed by atoms with Crippen LogP contribution in [0.15, 0.2) is 40.7 Å². The Hall–Kier alpha value is -2.11. The third kappa shape index (κ3) is 6.68. The average molecular weight is 491 g/mol. The Labute approximate surface area is 199 Å². The number of carbonyl (C=O) groups is 1. The number of thioether (sulfide) groups is 1. The minimum absolute atomic E-state index is 0.142. The van der Waals surface area contributed by atoms with Crippen LogP contribution >= 0.6 is 46.3 Å². The van der Waals surface area contributed by atoms with Crippen LogP contribution in [0.1, 0.15) is 37.4 Å². The van der Waals surface area contributed by atoms with Crippen molar-refractivity contribution in [2.75, 3.05) is 11.1 Å². The molecular weight excluding hydrogens is 471 g/mol. The van der Waals surface area contributed by atoms with Gasteiger partial charge in [0, 0.05) is 33.8 Å². The van der Waals surface area contributed by atoms with Gasteiger partial charge in [-0.1, -0.05) is 36.5 Å². The molecule has 2 aromatic heterocycles. The first-order valence-electron chi connectivity index (χ1n) is 9.73. The number of unbranched alkanes of at least 4 members (excludes halogenated alkanes) is 1. The summed E-state index contributed by atoms with van der Waals surface area (Å²) in [5, 5.41) is 16.2. The van der Waals surface area contributed by atoms with Crippen LogP contribution in [-0.2, 0) is 11.2 Å². The molecule has 0 unspecified atom stereocenters. The molecule has 0 aliphatic carbocycles. The fourth-order valence-electron chi connectivity index (χ4n) is 2.75. The SMILES string of the molecule is CCCCc1ccc(C#N)c(SCCC(=O)Nc2nc(-c3ccc(Cl)cc3Cl)cs2)n1. The number of hydrogen-bond donors (Lipinski definition) is 1. The maximum Gasteiger partial charge on any atom is 0.226 e. The van der Waals surface area contributed by atoms with Crippen molar-refractivity contribution in [1.29, 1.82) is 5.26 Å². The minimum atomic E-state index is -0.142. The van der Waals surface area contributed by atoms with E-state index in [2.05, 4.69) is 28.3 Å². The first-order valence-corrected chi connectivity index (χ1v) is 12.4. The number of pyridine rings is 1. The van der Waals surface area contributed by atoms with Crippen molar-refractivity contribution < 1.29 is 4.79 Å². The fourth-order valence-corrected chi connectivity index (χ4v) is 4.91. The first-order chi connectivity index (χ1) is 15.0. The molecule has 0 saturated carbocycles.